The van der Waals surface area contributed by atoms with Crippen LogP contribution in [0, 0.1) is 0 Å². The van der Waals surface area contributed by atoms with Gasteiger partial charge in [0.2, 0.25) is 11.8 Å². The summed E-state index contributed by atoms with van der Waals surface area (Å²) in [5, 5.41) is 4.22. The zero-order chi connectivity index (χ0) is 32.7. The van der Waals surface area contributed by atoms with Gasteiger partial charge in [-0.1, -0.05) is 71.7 Å². The minimum atomic E-state index is -0.704. The number of amides is 2. The molecule has 2 aliphatic rings. The number of carbonyl (C=O) groups is 2. The van der Waals surface area contributed by atoms with Gasteiger partial charge in [-0.05, 0) is 80.5 Å². The van der Waals surface area contributed by atoms with Crippen LogP contribution in [-0.2, 0) is 31.9 Å². The molecule has 0 radical (unpaired) electrons. The fourth-order valence-corrected chi connectivity index (χ4v) is 7.14. The molecule has 0 aliphatic carbocycles. The first-order valence-electron chi connectivity index (χ1n) is 16.3. The third kappa shape index (κ3) is 8.43. The minimum absolute atomic E-state index is 0.0165. The van der Waals surface area contributed by atoms with Gasteiger partial charge in [-0.2, -0.15) is 0 Å². The zero-order valence-corrected chi connectivity index (χ0v) is 28.6. The highest BCUT2D eigenvalue weighted by molar-refractivity contribution is 6.42. The van der Waals surface area contributed by atoms with Crippen molar-refractivity contribution in [2.24, 2.45) is 0 Å². The molecule has 5 rings (SSSR count). The van der Waals surface area contributed by atoms with E-state index in [1.54, 1.807) is 13.0 Å². The van der Waals surface area contributed by atoms with E-state index in [-0.39, 0.29) is 29.9 Å². The number of hydrogen-bond donors (Lipinski definition) is 1. The highest BCUT2D eigenvalue weighted by Crippen LogP contribution is 2.39. The number of piperidine rings is 2. The Morgan fingerprint density at radius 1 is 0.891 bits per heavy atom. The molecule has 2 saturated heterocycles. The Bertz CT molecular complexity index is 1490. The molecule has 1 atom stereocenters. The second kappa shape index (κ2) is 15.2. The third-order valence-corrected chi connectivity index (χ3v) is 9.86. The van der Waals surface area contributed by atoms with Crippen molar-refractivity contribution in [3.05, 3.63) is 99.5 Å². The van der Waals surface area contributed by atoms with Crippen molar-refractivity contribution in [2.75, 3.05) is 39.3 Å². The van der Waals surface area contributed by atoms with Gasteiger partial charge in [0, 0.05) is 33.1 Å². The van der Waals surface area contributed by atoms with Crippen molar-refractivity contribution in [3.63, 3.8) is 0 Å². The van der Waals surface area contributed by atoms with Crippen molar-refractivity contribution in [1.82, 2.24) is 15.1 Å². The Balaban J connectivity index is 1.27. The second-order valence-corrected chi connectivity index (χ2v) is 13.7. The average molecular weight is 667 g/mol. The summed E-state index contributed by atoms with van der Waals surface area (Å²) < 4.78 is 12.7. The summed E-state index contributed by atoms with van der Waals surface area (Å²) in [6.45, 7) is 9.58. The maximum absolute atomic E-state index is 13.7. The molecule has 2 aliphatic heterocycles. The van der Waals surface area contributed by atoms with Crippen molar-refractivity contribution >= 4 is 35.0 Å². The molecular weight excluding hydrogens is 621 g/mol. The normalized spacial score (nSPS) is 20.0. The smallest absolute Gasteiger partial charge is 0.227 e. The number of carbonyl (C=O) groups excluding carboxylic acids is 2. The maximum atomic E-state index is 13.7. The number of nitrogens with zero attached hydrogens (tertiary/aromatic N) is 2. The van der Waals surface area contributed by atoms with Crippen LogP contribution < -0.4 is 10.1 Å². The van der Waals surface area contributed by atoms with E-state index in [0.29, 0.717) is 29.7 Å². The van der Waals surface area contributed by atoms with E-state index in [0.717, 1.165) is 67.8 Å². The molecule has 246 valence electrons. The summed E-state index contributed by atoms with van der Waals surface area (Å²) in [5.41, 5.74) is 1.93. The number of hydrogen-bond acceptors (Lipinski definition) is 5. The van der Waals surface area contributed by atoms with Crippen LogP contribution in [0.25, 0.3) is 0 Å². The van der Waals surface area contributed by atoms with Gasteiger partial charge in [-0.25, -0.2) is 0 Å². The monoisotopic (exact) mass is 665 g/mol. The van der Waals surface area contributed by atoms with Gasteiger partial charge in [-0.3, -0.25) is 9.59 Å². The molecule has 3 aromatic rings. The average Bonchev–Trinajstić information content (AvgIpc) is 3.03. The third-order valence-electron chi connectivity index (χ3n) is 9.12. The summed E-state index contributed by atoms with van der Waals surface area (Å²) in [4.78, 5) is 30.1. The summed E-state index contributed by atoms with van der Waals surface area (Å²) in [6, 6.07) is 23.7. The molecule has 2 amide bonds. The lowest BCUT2D eigenvalue weighted by atomic mass is 9.80. The Morgan fingerprint density at radius 2 is 1.65 bits per heavy atom. The summed E-state index contributed by atoms with van der Waals surface area (Å²) in [6.07, 6.45) is 3.57. The van der Waals surface area contributed by atoms with Crippen molar-refractivity contribution in [1.29, 1.82) is 0 Å². The number of benzene rings is 3. The van der Waals surface area contributed by atoms with E-state index in [2.05, 4.69) is 22.3 Å². The number of halogens is 2. The maximum Gasteiger partial charge on any atom is 0.227 e. The van der Waals surface area contributed by atoms with E-state index in [1.807, 2.05) is 73.3 Å². The van der Waals surface area contributed by atoms with Crippen LogP contribution in [0.1, 0.15) is 63.1 Å². The van der Waals surface area contributed by atoms with Crippen molar-refractivity contribution < 1.29 is 19.1 Å². The molecule has 2 fully saturated rings. The summed E-state index contributed by atoms with van der Waals surface area (Å²) >= 11 is 12.8. The first kappa shape index (κ1) is 34.2. The van der Waals surface area contributed by atoms with Crippen LogP contribution >= 0.6 is 23.2 Å². The van der Waals surface area contributed by atoms with Gasteiger partial charge in [0.25, 0.3) is 0 Å². The molecule has 1 N–H and O–H groups in total. The molecule has 2 heterocycles. The van der Waals surface area contributed by atoms with Crippen molar-refractivity contribution in [2.45, 2.75) is 70.1 Å². The van der Waals surface area contributed by atoms with E-state index in [1.165, 1.54) is 0 Å². The highest BCUT2D eigenvalue weighted by atomic mass is 35.5. The van der Waals surface area contributed by atoms with Crippen molar-refractivity contribution in [3.8, 4) is 5.75 Å². The molecule has 7 nitrogen and oxygen atoms in total. The van der Waals surface area contributed by atoms with Crippen LogP contribution in [0.5, 0.6) is 5.75 Å². The predicted octanol–water partition coefficient (Wildman–Crippen LogP) is 6.99. The Morgan fingerprint density at radius 3 is 2.35 bits per heavy atom. The standard InChI is InChI=1S/C37H45Cl2N3O4/c1-27(2)46-32-12-7-9-29(23-32)24-35(44)42-18-8-15-37(26-42,31-13-14-33(38)34(39)25-31)45-22-21-41-19-16-36(17-20-41,40-28(3)43)30-10-5-4-6-11-30/h4-7,9-14,23,25,27H,8,15-22,24,26H2,1-3H3,(H,40,43). The largest absolute Gasteiger partial charge is 0.491 e. The Hall–Kier alpha value is -3.10. The fraction of sp³-hybridized carbons (Fsp3) is 0.459. The zero-order valence-electron chi connectivity index (χ0n) is 27.1. The lowest BCUT2D eigenvalue weighted by Gasteiger charge is -2.45. The number of ether oxygens (including phenoxy) is 2. The fourth-order valence-electron chi connectivity index (χ4n) is 6.85. The van der Waals surface area contributed by atoms with Crippen LogP contribution in [0.3, 0.4) is 0 Å². The van der Waals surface area contributed by atoms with Gasteiger partial charge in [-0.15, -0.1) is 0 Å². The lowest BCUT2D eigenvalue weighted by Crippen LogP contribution is -2.53. The number of rotatable bonds is 11. The van der Waals surface area contributed by atoms with Crippen LogP contribution in [-0.4, -0.2) is 67.0 Å². The van der Waals surface area contributed by atoms with Gasteiger partial charge in [0.15, 0.2) is 0 Å². The van der Waals surface area contributed by atoms with E-state index in [4.69, 9.17) is 32.7 Å². The SMILES string of the molecule is CC(=O)NC1(c2ccccc2)CCN(CCOC2(c3ccc(Cl)c(Cl)c3)CCCN(C(=O)Cc3cccc(OC(C)C)c3)C2)CC1. The van der Waals surface area contributed by atoms with E-state index >= 15 is 0 Å². The van der Waals surface area contributed by atoms with Crippen LogP contribution in [0.4, 0.5) is 0 Å². The van der Waals surface area contributed by atoms with E-state index in [9.17, 15) is 9.59 Å². The van der Waals surface area contributed by atoms with Crippen LogP contribution in [0.2, 0.25) is 10.0 Å². The number of nitrogens with one attached hydrogen (secondary N) is 1. The Labute approximate surface area is 283 Å². The van der Waals surface area contributed by atoms with Gasteiger partial charge < -0.3 is 24.6 Å². The molecular formula is C37H45Cl2N3O4. The number of likely N-dealkylation sites (tertiary alicyclic amines) is 2. The summed E-state index contributed by atoms with van der Waals surface area (Å²) in [5.74, 6) is 0.807. The molecule has 0 spiro atoms. The van der Waals surface area contributed by atoms with Crippen LogP contribution in [0.15, 0.2) is 72.8 Å². The molecule has 46 heavy (non-hydrogen) atoms. The molecule has 0 saturated carbocycles. The van der Waals surface area contributed by atoms with Gasteiger partial charge in [0.05, 0.1) is 41.3 Å². The lowest BCUT2D eigenvalue weighted by molar-refractivity contribution is -0.144. The summed E-state index contributed by atoms with van der Waals surface area (Å²) in [7, 11) is 0. The highest BCUT2D eigenvalue weighted by Gasteiger charge is 2.41. The first-order valence-corrected chi connectivity index (χ1v) is 17.0. The molecule has 0 bridgehead atoms. The molecule has 9 heteroatoms. The minimum Gasteiger partial charge on any atom is -0.491 e. The molecule has 3 aromatic carbocycles. The van der Waals surface area contributed by atoms with Gasteiger partial charge >= 0.3 is 0 Å². The van der Waals surface area contributed by atoms with Gasteiger partial charge in [0.1, 0.15) is 11.4 Å². The Kier molecular flexibility index (Phi) is 11.3. The predicted molar refractivity (Wildman–Crippen MR) is 183 cm³/mol. The molecule has 1 unspecified atom stereocenters. The quantitative estimate of drug-likeness (QED) is 0.239. The first-order chi connectivity index (χ1) is 22.1. The van der Waals surface area contributed by atoms with E-state index < -0.39 is 5.60 Å². The molecule has 0 aromatic heterocycles. The second-order valence-electron chi connectivity index (χ2n) is 12.9. The topological polar surface area (TPSA) is 71.1 Å².